The maximum atomic E-state index is 11.5. The fourth-order valence-corrected chi connectivity index (χ4v) is 3.33. The topological polar surface area (TPSA) is 77.5 Å². The van der Waals surface area contributed by atoms with Crippen molar-refractivity contribution in [2.45, 2.75) is 31.5 Å². The molecule has 0 heterocycles. The summed E-state index contributed by atoms with van der Waals surface area (Å²) in [6.07, 6.45) is 1.59. The molecular weight excluding hydrogens is 386 g/mol. The Balaban J connectivity index is 1.57. The highest BCUT2D eigenvalue weighted by Crippen LogP contribution is 2.32. The fourth-order valence-electron chi connectivity index (χ4n) is 3.33. The third-order valence-electron chi connectivity index (χ3n) is 5.09. The van der Waals surface area contributed by atoms with Gasteiger partial charge in [-0.3, -0.25) is 4.90 Å². The number of ether oxygens (including phenoxy) is 4. The Morgan fingerprint density at radius 1 is 1.07 bits per heavy atom. The van der Waals surface area contributed by atoms with Crippen LogP contribution < -0.4 is 14.2 Å². The Kier molecular flexibility index (Phi) is 7.54. The molecule has 0 aliphatic heterocycles. The number of benzene rings is 2. The summed E-state index contributed by atoms with van der Waals surface area (Å²) < 4.78 is 21.2. The van der Waals surface area contributed by atoms with E-state index in [0.29, 0.717) is 30.4 Å². The molecule has 0 radical (unpaired) electrons. The monoisotopic (exact) mass is 415 g/mol. The molecule has 2 aromatic rings. The lowest BCUT2D eigenvalue weighted by Crippen LogP contribution is -2.36. The Hall–Kier alpha value is -2.77. The van der Waals surface area contributed by atoms with Crippen molar-refractivity contribution in [3.63, 3.8) is 0 Å². The van der Waals surface area contributed by atoms with Gasteiger partial charge in [0, 0.05) is 24.7 Å². The molecule has 1 saturated carbocycles. The highest BCUT2D eigenvalue weighted by molar-refractivity contribution is 5.89. The minimum Gasteiger partial charge on any atom is -0.497 e. The third kappa shape index (κ3) is 5.87. The number of hydrogen-bond donors (Lipinski definition) is 1. The normalized spacial score (nSPS) is 14.3. The van der Waals surface area contributed by atoms with E-state index in [4.69, 9.17) is 14.2 Å². The van der Waals surface area contributed by atoms with Crippen LogP contribution in [0.4, 0.5) is 0 Å². The second kappa shape index (κ2) is 10.3. The lowest BCUT2D eigenvalue weighted by Gasteiger charge is -2.26. The van der Waals surface area contributed by atoms with Gasteiger partial charge in [-0.15, -0.1) is 0 Å². The molecule has 1 aliphatic carbocycles. The number of carbonyl (C=O) groups is 1. The Morgan fingerprint density at radius 3 is 2.37 bits per heavy atom. The quantitative estimate of drug-likeness (QED) is 0.566. The molecule has 162 valence electrons. The molecule has 1 fully saturated rings. The lowest BCUT2D eigenvalue weighted by molar-refractivity contribution is 0.0597. The van der Waals surface area contributed by atoms with E-state index < -0.39 is 12.1 Å². The Morgan fingerprint density at radius 2 is 1.77 bits per heavy atom. The van der Waals surface area contributed by atoms with E-state index in [2.05, 4.69) is 9.64 Å². The second-order valence-electron chi connectivity index (χ2n) is 7.32. The summed E-state index contributed by atoms with van der Waals surface area (Å²) in [6, 6.07) is 12.9. The average molecular weight is 415 g/mol. The zero-order valence-corrected chi connectivity index (χ0v) is 17.7. The smallest absolute Gasteiger partial charge is 0.337 e. The van der Waals surface area contributed by atoms with Gasteiger partial charge in [0.2, 0.25) is 0 Å². The van der Waals surface area contributed by atoms with Crippen LogP contribution >= 0.6 is 0 Å². The molecule has 0 amide bonds. The minimum atomic E-state index is -0.650. The van der Waals surface area contributed by atoms with Crippen LogP contribution in [-0.4, -0.2) is 62.6 Å². The predicted molar refractivity (Wildman–Crippen MR) is 112 cm³/mol. The molecule has 0 spiro atoms. The first-order valence-corrected chi connectivity index (χ1v) is 9.98. The van der Waals surface area contributed by atoms with Crippen LogP contribution in [0.1, 0.15) is 28.8 Å². The summed E-state index contributed by atoms with van der Waals surface area (Å²) in [4.78, 5) is 13.7. The van der Waals surface area contributed by atoms with Gasteiger partial charge in [-0.25, -0.2) is 4.79 Å². The third-order valence-corrected chi connectivity index (χ3v) is 5.09. The van der Waals surface area contributed by atoms with E-state index in [9.17, 15) is 9.90 Å². The number of aliphatic hydroxyl groups excluding tert-OH is 1. The lowest BCUT2D eigenvalue weighted by atomic mass is 10.1. The van der Waals surface area contributed by atoms with Gasteiger partial charge in [-0.2, -0.15) is 0 Å². The van der Waals surface area contributed by atoms with Gasteiger partial charge in [0.25, 0.3) is 0 Å². The van der Waals surface area contributed by atoms with Gasteiger partial charge in [0.05, 0.1) is 26.9 Å². The minimum absolute atomic E-state index is 0.163. The number of rotatable bonds is 11. The van der Waals surface area contributed by atoms with E-state index in [1.165, 1.54) is 7.11 Å². The van der Waals surface area contributed by atoms with Gasteiger partial charge in [0.15, 0.2) is 0 Å². The number of aliphatic hydroxyl groups is 1. The number of esters is 1. The number of carbonyl (C=O) groups excluding carboxylic acids is 1. The van der Waals surface area contributed by atoms with E-state index in [0.717, 1.165) is 29.9 Å². The van der Waals surface area contributed by atoms with Gasteiger partial charge >= 0.3 is 5.97 Å². The molecule has 0 bridgehead atoms. The molecule has 3 rings (SSSR count). The summed E-state index contributed by atoms with van der Waals surface area (Å²) in [6.45, 7) is 1.32. The molecule has 0 aromatic heterocycles. The van der Waals surface area contributed by atoms with Crippen molar-refractivity contribution in [1.82, 2.24) is 4.90 Å². The highest BCUT2D eigenvalue weighted by atomic mass is 16.5. The van der Waals surface area contributed by atoms with E-state index in [1.807, 2.05) is 18.2 Å². The van der Waals surface area contributed by atoms with E-state index >= 15 is 0 Å². The highest BCUT2D eigenvalue weighted by Gasteiger charge is 2.31. The summed E-state index contributed by atoms with van der Waals surface area (Å²) in [5, 5.41) is 10.5. The molecule has 1 unspecified atom stereocenters. The summed E-state index contributed by atoms with van der Waals surface area (Å²) in [5.74, 6) is 1.78. The van der Waals surface area contributed by atoms with Crippen LogP contribution in [0.25, 0.3) is 0 Å². The van der Waals surface area contributed by atoms with Gasteiger partial charge in [-0.1, -0.05) is 0 Å². The van der Waals surface area contributed by atoms with Crippen molar-refractivity contribution in [3.8, 4) is 17.2 Å². The maximum Gasteiger partial charge on any atom is 0.337 e. The van der Waals surface area contributed by atoms with Crippen molar-refractivity contribution >= 4 is 5.97 Å². The molecule has 7 heteroatoms. The van der Waals surface area contributed by atoms with Crippen molar-refractivity contribution in [3.05, 3.63) is 53.6 Å². The van der Waals surface area contributed by atoms with Crippen LogP contribution in [0.5, 0.6) is 17.2 Å². The first kappa shape index (κ1) is 21.9. The maximum absolute atomic E-state index is 11.5. The van der Waals surface area contributed by atoms with E-state index in [-0.39, 0.29) is 6.61 Å². The zero-order valence-electron chi connectivity index (χ0n) is 17.7. The predicted octanol–water partition coefficient (Wildman–Crippen LogP) is 2.89. The van der Waals surface area contributed by atoms with Crippen molar-refractivity contribution in [2.75, 3.05) is 34.5 Å². The standard InChI is InChI=1S/C23H29NO6/c1-27-21-10-11-22(28-2)17(12-21)13-24(18-6-7-18)14-19(25)15-30-20-8-4-16(5-9-20)23(26)29-3/h4-5,8-12,18-19,25H,6-7,13-15H2,1-3H3. The van der Waals surface area contributed by atoms with Gasteiger partial charge < -0.3 is 24.1 Å². The van der Waals surface area contributed by atoms with Crippen LogP contribution in [0.3, 0.4) is 0 Å². The molecule has 1 atom stereocenters. The van der Waals surface area contributed by atoms with Crippen LogP contribution in [0.2, 0.25) is 0 Å². The molecule has 1 N–H and O–H groups in total. The summed E-state index contributed by atoms with van der Waals surface area (Å²) in [5.41, 5.74) is 1.48. The Labute approximate surface area is 177 Å². The van der Waals surface area contributed by atoms with Crippen LogP contribution in [-0.2, 0) is 11.3 Å². The first-order valence-electron chi connectivity index (χ1n) is 9.98. The number of hydrogen-bond acceptors (Lipinski definition) is 7. The number of methoxy groups -OCH3 is 3. The molecule has 30 heavy (non-hydrogen) atoms. The van der Waals surface area contributed by atoms with Crippen molar-refractivity contribution < 1.29 is 28.8 Å². The summed E-state index contributed by atoms with van der Waals surface area (Å²) >= 11 is 0. The zero-order chi connectivity index (χ0) is 21.5. The van der Waals surface area contributed by atoms with E-state index in [1.54, 1.807) is 38.5 Å². The molecular formula is C23H29NO6. The van der Waals surface area contributed by atoms with Crippen LogP contribution in [0.15, 0.2) is 42.5 Å². The number of nitrogens with zero attached hydrogens (tertiary/aromatic N) is 1. The SMILES string of the molecule is COC(=O)c1ccc(OCC(O)CN(Cc2cc(OC)ccc2OC)C2CC2)cc1. The molecule has 2 aromatic carbocycles. The molecule has 0 saturated heterocycles. The molecule has 1 aliphatic rings. The second-order valence-corrected chi connectivity index (χ2v) is 7.32. The summed E-state index contributed by atoms with van der Waals surface area (Å²) in [7, 11) is 4.64. The van der Waals surface area contributed by atoms with Gasteiger partial charge in [-0.05, 0) is 55.3 Å². The van der Waals surface area contributed by atoms with Crippen molar-refractivity contribution in [2.24, 2.45) is 0 Å². The molecule has 7 nitrogen and oxygen atoms in total. The first-order chi connectivity index (χ1) is 14.5. The fraction of sp³-hybridized carbons (Fsp3) is 0.435. The van der Waals surface area contributed by atoms with Crippen LogP contribution in [0, 0.1) is 0 Å². The van der Waals surface area contributed by atoms with Gasteiger partial charge in [0.1, 0.15) is 30.0 Å². The van der Waals surface area contributed by atoms with Crippen molar-refractivity contribution in [1.29, 1.82) is 0 Å². The Bertz CT molecular complexity index is 834. The largest absolute Gasteiger partial charge is 0.497 e. The average Bonchev–Trinajstić information content (AvgIpc) is 3.62.